The van der Waals surface area contributed by atoms with E-state index in [9.17, 15) is 49.5 Å². The van der Waals surface area contributed by atoms with E-state index in [4.69, 9.17) is 4.74 Å². The van der Waals surface area contributed by atoms with Crippen LogP contribution in [0, 0.1) is 11.8 Å². The Morgan fingerprint density at radius 1 is 0.721 bits per heavy atom. The van der Waals surface area contributed by atoms with Gasteiger partial charge in [0, 0.05) is 19.4 Å². The van der Waals surface area contributed by atoms with Crippen LogP contribution in [0.4, 0.5) is 0 Å². The molecule has 4 amide bonds. The number of nitrogens with one attached hydrogen (secondary N) is 4. The Morgan fingerprint density at radius 3 is 1.74 bits per heavy atom. The lowest BCUT2D eigenvalue weighted by atomic mass is 9.99. The van der Waals surface area contributed by atoms with E-state index in [-0.39, 0.29) is 50.5 Å². The Hall–Kier alpha value is -2.85. The molecule has 0 aromatic carbocycles. The van der Waals surface area contributed by atoms with Gasteiger partial charge in [-0.05, 0) is 31.1 Å². The lowest BCUT2D eigenvalue weighted by Crippen LogP contribution is -2.60. The summed E-state index contributed by atoms with van der Waals surface area (Å²) in [5.74, 6) is -3.64. The zero-order valence-electron chi connectivity index (χ0n) is 25.6. The largest absolute Gasteiger partial charge is 0.480 e. The molecular weight excluding hydrogens is 568 g/mol. The Morgan fingerprint density at radius 2 is 1.23 bits per heavy atom. The predicted octanol–water partition coefficient (Wildman–Crippen LogP) is -1.50. The highest BCUT2D eigenvalue weighted by Gasteiger charge is 2.43. The van der Waals surface area contributed by atoms with Gasteiger partial charge in [-0.2, -0.15) is 0 Å². The molecule has 8 atom stereocenters. The summed E-state index contributed by atoms with van der Waals surface area (Å²) in [4.78, 5) is 62.8. The third-order valence-electron chi connectivity index (χ3n) is 6.93. The number of carbonyl (C=O) groups is 5. The normalized spacial score (nSPS) is 24.1. The molecule has 0 aromatic rings. The molecule has 1 heterocycles. The van der Waals surface area contributed by atoms with Crippen LogP contribution in [0.5, 0.6) is 0 Å². The second-order valence-corrected chi connectivity index (χ2v) is 11.8. The molecule has 0 spiro atoms. The predicted molar refractivity (Wildman–Crippen MR) is 153 cm³/mol. The summed E-state index contributed by atoms with van der Waals surface area (Å²) in [7, 11) is 0. The average molecular weight is 619 g/mol. The summed E-state index contributed by atoms with van der Waals surface area (Å²) in [6.07, 6.45) is -6.38. The second kappa shape index (κ2) is 18.7. The van der Waals surface area contributed by atoms with Crippen molar-refractivity contribution >= 4 is 29.6 Å². The second-order valence-electron chi connectivity index (χ2n) is 11.8. The van der Waals surface area contributed by atoms with Gasteiger partial charge in [0.15, 0.2) is 6.29 Å². The molecule has 15 heteroatoms. The SMILES string of the molecule is CCCC[C@H](NC(=O)[C@H](CC(C)C)NC(=O)[C@H](CC(C)C)NC(=O)CCC(=O)NC[C@H]1O[C@@H](O)[C@H](O)[C@@H](O)[C@@H]1O)C(=O)O. The monoisotopic (exact) mass is 618 g/mol. The first-order valence-electron chi connectivity index (χ1n) is 14.8. The van der Waals surface area contributed by atoms with Gasteiger partial charge < -0.3 is 51.5 Å². The van der Waals surface area contributed by atoms with E-state index in [0.29, 0.717) is 6.42 Å². The Bertz CT molecular complexity index is 932. The van der Waals surface area contributed by atoms with Crippen molar-refractivity contribution in [3.8, 4) is 0 Å². The lowest BCUT2D eigenvalue weighted by molar-refractivity contribution is -0.280. The van der Waals surface area contributed by atoms with Crippen molar-refractivity contribution in [2.45, 2.75) is 128 Å². The number of hydrogen-bond donors (Lipinski definition) is 9. The zero-order valence-corrected chi connectivity index (χ0v) is 25.6. The van der Waals surface area contributed by atoms with Crippen LogP contribution in [-0.4, -0.2) is 111 Å². The summed E-state index contributed by atoms with van der Waals surface area (Å²) in [6, 6.07) is -3.14. The van der Waals surface area contributed by atoms with E-state index in [1.165, 1.54) is 0 Å². The zero-order chi connectivity index (χ0) is 32.9. The van der Waals surface area contributed by atoms with Gasteiger partial charge in [-0.1, -0.05) is 47.5 Å². The summed E-state index contributed by atoms with van der Waals surface area (Å²) in [6.45, 7) is 8.99. The molecule has 0 radical (unpaired) electrons. The first kappa shape index (κ1) is 38.2. The number of aliphatic carboxylic acids is 1. The van der Waals surface area contributed by atoms with Crippen molar-refractivity contribution in [3.63, 3.8) is 0 Å². The van der Waals surface area contributed by atoms with Crippen LogP contribution in [0.15, 0.2) is 0 Å². The maximum absolute atomic E-state index is 13.2. The van der Waals surface area contributed by atoms with Gasteiger partial charge in [-0.25, -0.2) is 4.79 Å². The summed E-state index contributed by atoms with van der Waals surface area (Å²) in [5.41, 5.74) is 0. The minimum absolute atomic E-state index is 0.0108. The van der Waals surface area contributed by atoms with Crippen molar-refractivity contribution in [2.24, 2.45) is 11.8 Å². The van der Waals surface area contributed by atoms with Crippen molar-refractivity contribution in [3.05, 3.63) is 0 Å². The molecule has 1 saturated heterocycles. The van der Waals surface area contributed by atoms with Gasteiger partial charge in [-0.3, -0.25) is 19.2 Å². The molecule has 0 unspecified atom stereocenters. The Kier molecular flexibility index (Phi) is 16.6. The van der Waals surface area contributed by atoms with Gasteiger partial charge in [0.1, 0.15) is 42.5 Å². The molecule has 0 bridgehead atoms. The number of amides is 4. The fraction of sp³-hybridized carbons (Fsp3) is 0.821. The van der Waals surface area contributed by atoms with Crippen LogP contribution in [0.3, 0.4) is 0 Å². The molecule has 0 saturated carbocycles. The van der Waals surface area contributed by atoms with Crippen LogP contribution in [-0.2, 0) is 28.7 Å². The minimum atomic E-state index is -1.75. The molecule has 1 aliphatic rings. The van der Waals surface area contributed by atoms with Gasteiger partial charge >= 0.3 is 5.97 Å². The molecule has 1 fully saturated rings. The number of aliphatic hydroxyl groups excluding tert-OH is 4. The van der Waals surface area contributed by atoms with Gasteiger partial charge in [-0.15, -0.1) is 0 Å². The summed E-state index contributed by atoms with van der Waals surface area (Å²) < 4.78 is 5.00. The maximum atomic E-state index is 13.2. The minimum Gasteiger partial charge on any atom is -0.480 e. The number of carbonyl (C=O) groups excluding carboxylic acids is 4. The molecule has 1 rings (SSSR count). The quantitative estimate of drug-likeness (QED) is 0.0856. The summed E-state index contributed by atoms with van der Waals surface area (Å²) >= 11 is 0. The van der Waals surface area contributed by atoms with Crippen LogP contribution >= 0.6 is 0 Å². The molecular formula is C28H50N4O11. The van der Waals surface area contributed by atoms with Crippen molar-refractivity contribution in [2.75, 3.05) is 6.54 Å². The number of aliphatic hydroxyl groups is 4. The first-order valence-corrected chi connectivity index (χ1v) is 14.8. The maximum Gasteiger partial charge on any atom is 0.326 e. The smallest absolute Gasteiger partial charge is 0.326 e. The number of carboxylic acids is 1. The summed E-state index contributed by atoms with van der Waals surface area (Å²) in [5, 5.41) is 58.5. The third kappa shape index (κ3) is 13.5. The molecule has 43 heavy (non-hydrogen) atoms. The van der Waals surface area contributed by atoms with E-state index >= 15 is 0 Å². The van der Waals surface area contributed by atoms with Gasteiger partial charge in [0.05, 0.1) is 0 Å². The van der Waals surface area contributed by atoms with Gasteiger partial charge in [0.2, 0.25) is 23.6 Å². The molecule has 9 N–H and O–H groups in total. The van der Waals surface area contributed by atoms with E-state index in [2.05, 4.69) is 21.3 Å². The third-order valence-corrected chi connectivity index (χ3v) is 6.93. The lowest BCUT2D eigenvalue weighted by Gasteiger charge is -2.38. The van der Waals surface area contributed by atoms with E-state index in [1.54, 1.807) is 0 Å². The molecule has 1 aliphatic heterocycles. The highest BCUT2D eigenvalue weighted by Crippen LogP contribution is 2.19. The van der Waals surface area contributed by atoms with Crippen LogP contribution in [0.2, 0.25) is 0 Å². The highest BCUT2D eigenvalue weighted by atomic mass is 16.6. The number of carboxylic acid groups (broad SMARTS) is 1. The van der Waals surface area contributed by atoms with Crippen LogP contribution in [0.1, 0.15) is 79.6 Å². The van der Waals surface area contributed by atoms with E-state index in [1.807, 2.05) is 34.6 Å². The van der Waals surface area contributed by atoms with Crippen molar-refractivity contribution < 1.29 is 54.2 Å². The topological polar surface area (TPSA) is 244 Å². The number of rotatable bonds is 18. The van der Waals surface area contributed by atoms with Crippen molar-refractivity contribution in [1.29, 1.82) is 0 Å². The fourth-order valence-electron chi connectivity index (χ4n) is 4.51. The standard InChI is InChI=1S/C28H50N4O11/c1-6-7-8-16(27(40)41)31-26(39)18(12-15(4)5)32-25(38)17(11-14(2)3)30-21(34)10-9-20(33)29-13-19-22(35)23(36)24(37)28(42)43-19/h14-19,22-24,28,35-37,42H,6-13H2,1-5H3,(H,29,33)(H,30,34)(H,31,39)(H,32,38)(H,40,41)/t16-,17-,18-,19+,22+,23-,24+,28+/m0/s1. The van der Waals surface area contributed by atoms with E-state index < -0.39 is 78.4 Å². The van der Waals surface area contributed by atoms with Gasteiger partial charge in [0.25, 0.3) is 0 Å². The highest BCUT2D eigenvalue weighted by molar-refractivity contribution is 5.93. The first-order chi connectivity index (χ1) is 20.1. The van der Waals surface area contributed by atoms with Crippen LogP contribution < -0.4 is 21.3 Å². The fourth-order valence-corrected chi connectivity index (χ4v) is 4.51. The molecule has 0 aliphatic carbocycles. The molecule has 0 aromatic heterocycles. The van der Waals surface area contributed by atoms with Crippen molar-refractivity contribution in [1.82, 2.24) is 21.3 Å². The van der Waals surface area contributed by atoms with E-state index in [0.717, 1.165) is 6.42 Å². The Balaban J connectivity index is 2.76. The Labute approximate surface area is 252 Å². The number of ether oxygens (including phenoxy) is 1. The van der Waals surface area contributed by atoms with Crippen LogP contribution in [0.25, 0.3) is 0 Å². The number of hydrogen-bond acceptors (Lipinski definition) is 10. The number of unbranched alkanes of at least 4 members (excludes halogenated alkanes) is 1. The average Bonchev–Trinajstić information content (AvgIpc) is 2.92. The molecule has 248 valence electrons. The molecule has 15 nitrogen and oxygen atoms in total.